The molecule has 0 radical (unpaired) electrons. The van der Waals surface area contributed by atoms with E-state index in [-0.39, 0.29) is 45.9 Å². The Morgan fingerprint density at radius 3 is 2.02 bits per heavy atom. The van der Waals surface area contributed by atoms with Gasteiger partial charge >= 0.3 is 5.97 Å². The highest BCUT2D eigenvalue weighted by molar-refractivity contribution is 8.00. The average molecular weight is 665 g/mol. The van der Waals surface area contributed by atoms with Gasteiger partial charge in [-0.25, -0.2) is 9.18 Å². The molecule has 1 aromatic carbocycles. The smallest absolute Gasteiger partial charge is 0.330 e. The molecule has 0 saturated heterocycles. The summed E-state index contributed by atoms with van der Waals surface area (Å²) in [7, 11) is -4.19. The zero-order chi connectivity index (χ0) is 33.6. The SMILES string of the molecule is CCOC(=O)/C=C\C=C\C[C@@H](/C=C/C=C\[C@@H](Sc1ccc(F)cc1)[C@@H](CCO)O[Si](C)(C)C(C)(C)C)O[Si](C)(C)C(C)(C)C. The minimum absolute atomic E-state index is 0.0166. The van der Waals surface area contributed by atoms with Gasteiger partial charge in [-0.3, -0.25) is 0 Å². The molecule has 0 aliphatic heterocycles. The maximum Gasteiger partial charge on any atom is 0.330 e. The Bertz CT molecular complexity index is 1120. The van der Waals surface area contributed by atoms with Gasteiger partial charge in [0.1, 0.15) is 5.82 Å². The highest BCUT2D eigenvalue weighted by atomic mass is 32.2. The molecule has 0 unspecified atom stereocenters. The van der Waals surface area contributed by atoms with Crippen LogP contribution in [0.3, 0.4) is 0 Å². The number of carbonyl (C=O) groups is 1. The first-order valence-electron chi connectivity index (χ1n) is 15.6. The third-order valence-electron chi connectivity index (χ3n) is 8.24. The molecular weight excluding hydrogens is 608 g/mol. The number of aliphatic hydroxyl groups excluding tert-OH is 1. The molecule has 3 atom stereocenters. The molecule has 1 aromatic rings. The Morgan fingerprint density at radius 2 is 1.48 bits per heavy atom. The van der Waals surface area contributed by atoms with E-state index in [0.29, 0.717) is 19.4 Å². The predicted octanol–water partition coefficient (Wildman–Crippen LogP) is 9.63. The third kappa shape index (κ3) is 14.6. The average Bonchev–Trinajstić information content (AvgIpc) is 2.89. The molecule has 1 rings (SSSR count). The monoisotopic (exact) mass is 664 g/mol. The highest BCUT2D eigenvalue weighted by Crippen LogP contribution is 2.40. The topological polar surface area (TPSA) is 65.0 Å². The number of thioether (sulfide) groups is 1. The summed E-state index contributed by atoms with van der Waals surface area (Å²) in [6, 6.07) is 6.50. The van der Waals surface area contributed by atoms with Crippen molar-refractivity contribution in [1.29, 1.82) is 0 Å². The van der Waals surface area contributed by atoms with Gasteiger partial charge in [-0.1, -0.05) is 84.1 Å². The van der Waals surface area contributed by atoms with Crippen molar-refractivity contribution in [3.63, 3.8) is 0 Å². The summed E-state index contributed by atoms with van der Waals surface area (Å²) in [5.74, 6) is -0.631. The standard InChI is InChI=1S/C35H57FO5SSi2/c1-12-39-33(38)21-15-13-14-18-29(40-43(8,9)34(2,3)4)19-16-17-20-32(42-30-24-22-28(36)23-25-30)31(26-27-37)41-44(10,11)35(5,6)7/h13-17,19-25,29,31-32,37H,12,18,26-27H2,1-11H3/b14-13+,19-16+,20-17-,21-15-/t29-,31+,32+/m0/s1. The van der Waals surface area contributed by atoms with E-state index in [9.17, 15) is 14.3 Å². The van der Waals surface area contributed by atoms with Crippen LogP contribution in [0.2, 0.25) is 36.3 Å². The Hall–Kier alpha value is -1.76. The maximum absolute atomic E-state index is 13.6. The largest absolute Gasteiger partial charge is 0.463 e. The summed E-state index contributed by atoms with van der Waals surface area (Å²) in [6.07, 6.45) is 16.0. The van der Waals surface area contributed by atoms with Gasteiger partial charge in [0.25, 0.3) is 0 Å². The van der Waals surface area contributed by atoms with Gasteiger partial charge in [0.2, 0.25) is 0 Å². The van der Waals surface area contributed by atoms with Crippen LogP contribution in [0.1, 0.15) is 61.3 Å². The summed E-state index contributed by atoms with van der Waals surface area (Å²) < 4.78 is 32.1. The van der Waals surface area contributed by atoms with Crippen molar-refractivity contribution in [2.24, 2.45) is 0 Å². The van der Waals surface area contributed by atoms with Crippen molar-refractivity contribution in [3.8, 4) is 0 Å². The molecule has 0 amide bonds. The van der Waals surface area contributed by atoms with Gasteiger partial charge in [0.05, 0.1) is 24.1 Å². The Balaban J connectivity index is 3.30. The number of hydrogen-bond donors (Lipinski definition) is 1. The highest BCUT2D eigenvalue weighted by Gasteiger charge is 2.41. The molecule has 0 saturated carbocycles. The number of carbonyl (C=O) groups excluding carboxylic acids is 1. The van der Waals surface area contributed by atoms with Crippen molar-refractivity contribution in [3.05, 3.63) is 78.7 Å². The van der Waals surface area contributed by atoms with E-state index in [1.165, 1.54) is 18.2 Å². The van der Waals surface area contributed by atoms with Crippen molar-refractivity contribution < 1.29 is 27.9 Å². The second kappa shape index (κ2) is 18.4. The second-order valence-corrected chi connectivity index (χ2v) is 24.7. The molecule has 0 bridgehead atoms. The fraction of sp³-hybridized carbons (Fsp3) is 0.571. The van der Waals surface area contributed by atoms with Gasteiger partial charge in [-0.15, -0.1) is 11.8 Å². The van der Waals surface area contributed by atoms with E-state index in [1.807, 2.05) is 24.3 Å². The molecule has 0 aliphatic rings. The Kier molecular flexibility index (Phi) is 16.8. The number of aliphatic hydroxyl groups is 1. The van der Waals surface area contributed by atoms with Crippen LogP contribution >= 0.6 is 11.8 Å². The Labute approximate surface area is 273 Å². The molecule has 44 heavy (non-hydrogen) atoms. The van der Waals surface area contributed by atoms with Gasteiger partial charge in [0.15, 0.2) is 16.6 Å². The van der Waals surface area contributed by atoms with E-state index in [2.05, 4.69) is 79.9 Å². The van der Waals surface area contributed by atoms with Crippen molar-refractivity contribution in [2.45, 2.75) is 120 Å². The molecule has 0 heterocycles. The van der Waals surface area contributed by atoms with E-state index in [4.69, 9.17) is 13.6 Å². The van der Waals surface area contributed by atoms with Crippen LogP contribution in [-0.4, -0.2) is 58.4 Å². The minimum atomic E-state index is -2.13. The number of halogens is 1. The van der Waals surface area contributed by atoms with Crippen molar-refractivity contribution >= 4 is 34.4 Å². The molecule has 248 valence electrons. The number of esters is 1. The molecule has 0 fully saturated rings. The molecule has 1 N–H and O–H groups in total. The van der Waals surface area contributed by atoms with Crippen LogP contribution in [-0.2, 0) is 18.4 Å². The number of allylic oxidation sites excluding steroid dienone is 4. The van der Waals surface area contributed by atoms with Crippen LogP contribution in [0.15, 0.2) is 77.8 Å². The summed E-state index contributed by atoms with van der Waals surface area (Å²) >= 11 is 1.61. The van der Waals surface area contributed by atoms with E-state index in [0.717, 1.165) is 4.90 Å². The molecule has 9 heteroatoms. The first-order chi connectivity index (χ1) is 20.3. The van der Waals surface area contributed by atoms with E-state index < -0.39 is 16.6 Å². The zero-order valence-corrected chi connectivity index (χ0v) is 31.7. The maximum atomic E-state index is 13.6. The first-order valence-corrected chi connectivity index (χ1v) is 22.3. The van der Waals surface area contributed by atoms with Gasteiger partial charge < -0.3 is 18.7 Å². The van der Waals surface area contributed by atoms with Gasteiger partial charge in [-0.05, 0) is 80.3 Å². The fourth-order valence-corrected chi connectivity index (χ4v) is 7.46. The van der Waals surface area contributed by atoms with E-state index in [1.54, 1.807) is 36.9 Å². The minimum Gasteiger partial charge on any atom is -0.463 e. The molecule has 0 spiro atoms. The van der Waals surface area contributed by atoms with Crippen LogP contribution in [0.4, 0.5) is 4.39 Å². The van der Waals surface area contributed by atoms with Crippen LogP contribution in [0.25, 0.3) is 0 Å². The molecule has 0 aromatic heterocycles. The lowest BCUT2D eigenvalue weighted by Crippen LogP contribution is -2.46. The van der Waals surface area contributed by atoms with Gasteiger partial charge in [-0.2, -0.15) is 0 Å². The Morgan fingerprint density at radius 1 is 0.909 bits per heavy atom. The lowest BCUT2D eigenvalue weighted by atomic mass is 10.1. The fourth-order valence-electron chi connectivity index (χ4n) is 3.58. The number of hydrogen-bond acceptors (Lipinski definition) is 6. The lowest BCUT2D eigenvalue weighted by Gasteiger charge is -2.41. The normalized spacial score (nSPS) is 15.9. The predicted molar refractivity (Wildman–Crippen MR) is 190 cm³/mol. The second-order valence-electron chi connectivity index (χ2n) is 13.9. The van der Waals surface area contributed by atoms with Gasteiger partial charge in [0, 0.05) is 17.6 Å². The quantitative estimate of drug-likeness (QED) is 0.0588. The molecular formula is C35H57FO5SSi2. The van der Waals surface area contributed by atoms with Crippen LogP contribution in [0.5, 0.6) is 0 Å². The van der Waals surface area contributed by atoms with Crippen molar-refractivity contribution in [1.82, 2.24) is 0 Å². The first kappa shape index (κ1) is 40.3. The summed E-state index contributed by atoms with van der Waals surface area (Å²) in [5, 5.41) is 9.94. The van der Waals surface area contributed by atoms with E-state index >= 15 is 0 Å². The third-order valence-corrected chi connectivity index (χ3v) is 18.5. The molecule has 0 aliphatic carbocycles. The summed E-state index contributed by atoms with van der Waals surface area (Å²) in [5.41, 5.74) is 0. The van der Waals surface area contributed by atoms with Crippen LogP contribution in [0, 0.1) is 5.82 Å². The van der Waals surface area contributed by atoms with Crippen molar-refractivity contribution in [2.75, 3.05) is 13.2 Å². The zero-order valence-electron chi connectivity index (χ0n) is 28.9. The number of ether oxygens (including phenoxy) is 1. The number of rotatable bonds is 17. The van der Waals surface area contributed by atoms with Crippen LogP contribution < -0.4 is 0 Å². The number of benzene rings is 1. The summed E-state index contributed by atoms with van der Waals surface area (Å²) in [6.45, 7) is 24.3. The molecule has 5 nitrogen and oxygen atoms in total. The lowest BCUT2D eigenvalue weighted by molar-refractivity contribution is -0.137. The summed E-state index contributed by atoms with van der Waals surface area (Å²) in [4.78, 5) is 12.5.